The van der Waals surface area contributed by atoms with Crippen LogP contribution in [0.3, 0.4) is 0 Å². The molecule has 1 aliphatic heterocycles. The second kappa shape index (κ2) is 9.34. The van der Waals surface area contributed by atoms with Gasteiger partial charge in [0.05, 0.1) is 10.6 Å². The standard InChI is InChI=1S/C22H26ClFN2O6S/c1-22(2,3)32-21(28)26-9-7-14(8-10-26)31-19-15(23)12-25-20(27)18(19)13-5-6-17(16(24)11-13)33(4,29)30/h5-6,11-12,14H,7-10H2,1-4H3,(H,25,27). The molecule has 1 aliphatic rings. The number of amides is 1. The normalized spacial score (nSPS) is 15.4. The van der Waals surface area contributed by atoms with Crippen molar-refractivity contribution in [1.82, 2.24) is 9.88 Å². The molecule has 1 fully saturated rings. The maximum Gasteiger partial charge on any atom is 0.410 e. The van der Waals surface area contributed by atoms with Gasteiger partial charge in [-0.1, -0.05) is 17.7 Å². The predicted octanol–water partition coefficient (Wildman–Crippen LogP) is 4.02. The van der Waals surface area contributed by atoms with E-state index < -0.39 is 37.8 Å². The number of carbonyl (C=O) groups excluding carboxylic acids is 1. The highest BCUT2D eigenvalue weighted by Crippen LogP contribution is 2.36. The zero-order chi connectivity index (χ0) is 24.6. The number of likely N-dealkylation sites (tertiary alicyclic amines) is 1. The number of pyridine rings is 1. The third kappa shape index (κ3) is 6.05. The Morgan fingerprint density at radius 2 is 1.88 bits per heavy atom. The van der Waals surface area contributed by atoms with Gasteiger partial charge in [-0.15, -0.1) is 0 Å². The fourth-order valence-electron chi connectivity index (χ4n) is 3.47. The number of hydrogen-bond acceptors (Lipinski definition) is 6. The molecule has 0 aliphatic carbocycles. The molecule has 2 aromatic rings. The van der Waals surface area contributed by atoms with Gasteiger partial charge in [0, 0.05) is 38.4 Å². The molecule has 1 saturated heterocycles. The number of benzene rings is 1. The van der Waals surface area contributed by atoms with Gasteiger partial charge in [0.1, 0.15) is 22.4 Å². The lowest BCUT2D eigenvalue weighted by atomic mass is 10.0. The molecule has 180 valence electrons. The minimum Gasteiger partial charge on any atom is -0.488 e. The van der Waals surface area contributed by atoms with Crippen LogP contribution in [0, 0.1) is 5.82 Å². The molecule has 0 bridgehead atoms. The number of aromatic nitrogens is 1. The summed E-state index contributed by atoms with van der Waals surface area (Å²) in [6.07, 6.45) is 2.38. The average Bonchev–Trinajstić information content (AvgIpc) is 2.69. The minimum absolute atomic E-state index is 0.00368. The zero-order valence-electron chi connectivity index (χ0n) is 18.8. The second-order valence-corrected chi connectivity index (χ2v) is 11.3. The van der Waals surface area contributed by atoms with Crippen molar-refractivity contribution in [3.05, 3.63) is 45.6 Å². The first-order valence-corrected chi connectivity index (χ1v) is 12.6. The highest BCUT2D eigenvalue weighted by molar-refractivity contribution is 7.90. The SMILES string of the molecule is CC(C)(C)OC(=O)N1CCC(Oc2c(Cl)c[nH]c(=O)c2-c2ccc(S(C)(=O)=O)c(F)c2)CC1. The number of rotatable bonds is 4. The second-order valence-electron chi connectivity index (χ2n) is 8.87. The van der Waals surface area contributed by atoms with Crippen LogP contribution in [0.5, 0.6) is 5.75 Å². The van der Waals surface area contributed by atoms with Gasteiger partial charge in [-0.25, -0.2) is 17.6 Å². The van der Waals surface area contributed by atoms with Crippen LogP contribution in [0.2, 0.25) is 5.02 Å². The van der Waals surface area contributed by atoms with Crippen molar-refractivity contribution >= 4 is 27.5 Å². The Balaban J connectivity index is 1.84. The molecule has 1 N–H and O–H groups in total. The van der Waals surface area contributed by atoms with E-state index >= 15 is 0 Å². The average molecular weight is 501 g/mol. The number of hydrogen-bond donors (Lipinski definition) is 1. The van der Waals surface area contributed by atoms with Gasteiger partial charge in [0.15, 0.2) is 15.6 Å². The van der Waals surface area contributed by atoms with Crippen molar-refractivity contribution in [1.29, 1.82) is 0 Å². The number of piperidine rings is 1. The van der Waals surface area contributed by atoms with Crippen LogP contribution in [0.15, 0.2) is 34.1 Å². The summed E-state index contributed by atoms with van der Waals surface area (Å²) in [6, 6.07) is 3.40. The molecule has 0 unspecified atom stereocenters. The Hall–Kier alpha value is -2.59. The van der Waals surface area contributed by atoms with Crippen molar-refractivity contribution in [3.8, 4) is 16.9 Å². The van der Waals surface area contributed by atoms with Crippen molar-refractivity contribution in [2.45, 2.75) is 50.2 Å². The third-order valence-electron chi connectivity index (χ3n) is 5.00. The predicted molar refractivity (Wildman–Crippen MR) is 122 cm³/mol. The van der Waals surface area contributed by atoms with E-state index in [1.54, 1.807) is 25.7 Å². The van der Waals surface area contributed by atoms with E-state index in [1.165, 1.54) is 12.3 Å². The summed E-state index contributed by atoms with van der Waals surface area (Å²) in [5.74, 6) is -0.909. The van der Waals surface area contributed by atoms with Crippen LogP contribution in [-0.4, -0.2) is 55.4 Å². The molecule has 2 heterocycles. The molecule has 0 atom stereocenters. The molecule has 33 heavy (non-hydrogen) atoms. The summed E-state index contributed by atoms with van der Waals surface area (Å²) in [7, 11) is -3.77. The Kier molecular flexibility index (Phi) is 7.09. The van der Waals surface area contributed by atoms with Gasteiger partial charge in [-0.2, -0.15) is 0 Å². The Morgan fingerprint density at radius 3 is 2.42 bits per heavy atom. The summed E-state index contributed by atoms with van der Waals surface area (Å²) in [5, 5.41) is 0.117. The maximum absolute atomic E-state index is 14.5. The first-order valence-electron chi connectivity index (χ1n) is 10.3. The van der Waals surface area contributed by atoms with Crippen molar-refractivity contribution in [2.75, 3.05) is 19.3 Å². The van der Waals surface area contributed by atoms with E-state index in [0.29, 0.717) is 25.9 Å². The minimum atomic E-state index is -3.77. The van der Waals surface area contributed by atoms with E-state index in [9.17, 15) is 22.4 Å². The number of aromatic amines is 1. The largest absolute Gasteiger partial charge is 0.488 e. The third-order valence-corrected chi connectivity index (χ3v) is 6.41. The molecule has 0 saturated carbocycles. The molecular weight excluding hydrogens is 475 g/mol. The molecule has 1 aromatic heterocycles. The summed E-state index contributed by atoms with van der Waals surface area (Å²) >= 11 is 6.30. The summed E-state index contributed by atoms with van der Waals surface area (Å²) in [5.41, 5.74) is -1.03. The molecule has 3 rings (SSSR count). The first kappa shape index (κ1) is 25.0. The lowest BCUT2D eigenvalue weighted by Gasteiger charge is -2.33. The van der Waals surface area contributed by atoms with Crippen LogP contribution >= 0.6 is 11.6 Å². The van der Waals surface area contributed by atoms with E-state index in [2.05, 4.69) is 4.98 Å². The Bertz CT molecular complexity index is 1210. The van der Waals surface area contributed by atoms with Gasteiger partial charge >= 0.3 is 6.09 Å². The number of sulfone groups is 1. The van der Waals surface area contributed by atoms with E-state index in [0.717, 1.165) is 18.4 Å². The number of halogens is 2. The monoisotopic (exact) mass is 500 g/mol. The van der Waals surface area contributed by atoms with E-state index in [1.807, 2.05) is 0 Å². The lowest BCUT2D eigenvalue weighted by molar-refractivity contribution is 0.0127. The van der Waals surface area contributed by atoms with Crippen LogP contribution in [0.1, 0.15) is 33.6 Å². The summed E-state index contributed by atoms with van der Waals surface area (Å²) in [4.78, 5) is 28.5. The number of nitrogens with one attached hydrogen (secondary N) is 1. The number of ether oxygens (including phenoxy) is 2. The Labute approximate surface area is 196 Å². The highest BCUT2D eigenvalue weighted by atomic mass is 35.5. The quantitative estimate of drug-likeness (QED) is 0.679. The van der Waals surface area contributed by atoms with Crippen LogP contribution in [0.25, 0.3) is 11.1 Å². The number of carbonyl (C=O) groups is 1. The molecule has 11 heteroatoms. The lowest BCUT2D eigenvalue weighted by Crippen LogP contribution is -2.44. The molecule has 8 nitrogen and oxygen atoms in total. The van der Waals surface area contributed by atoms with E-state index in [4.69, 9.17) is 21.1 Å². The van der Waals surface area contributed by atoms with E-state index in [-0.39, 0.29) is 28.0 Å². The number of H-pyrrole nitrogens is 1. The van der Waals surface area contributed by atoms with Crippen molar-refractivity contribution in [3.63, 3.8) is 0 Å². The molecular formula is C22H26ClFN2O6S. The summed E-state index contributed by atoms with van der Waals surface area (Å²) < 4.78 is 49.3. The summed E-state index contributed by atoms with van der Waals surface area (Å²) in [6.45, 7) is 6.17. The van der Waals surface area contributed by atoms with Gasteiger partial charge in [0.2, 0.25) is 0 Å². The highest BCUT2D eigenvalue weighted by Gasteiger charge is 2.29. The van der Waals surface area contributed by atoms with Gasteiger partial charge in [-0.05, 0) is 38.5 Å². The fourth-order valence-corrected chi connectivity index (χ4v) is 4.39. The first-order chi connectivity index (χ1) is 15.3. The maximum atomic E-state index is 14.5. The fraction of sp³-hybridized carbons (Fsp3) is 0.455. The Morgan fingerprint density at radius 1 is 1.24 bits per heavy atom. The number of nitrogens with zero attached hydrogens (tertiary/aromatic N) is 1. The van der Waals surface area contributed by atoms with Crippen molar-refractivity contribution in [2.24, 2.45) is 0 Å². The molecule has 1 amide bonds. The van der Waals surface area contributed by atoms with Crippen molar-refractivity contribution < 1.29 is 27.1 Å². The molecule has 0 radical (unpaired) electrons. The van der Waals surface area contributed by atoms with Crippen LogP contribution in [0.4, 0.5) is 9.18 Å². The zero-order valence-corrected chi connectivity index (χ0v) is 20.3. The van der Waals surface area contributed by atoms with Gasteiger partial charge < -0.3 is 19.4 Å². The molecule has 0 spiro atoms. The van der Waals surface area contributed by atoms with Crippen LogP contribution < -0.4 is 10.3 Å². The topological polar surface area (TPSA) is 106 Å². The van der Waals surface area contributed by atoms with Crippen LogP contribution in [-0.2, 0) is 14.6 Å². The van der Waals surface area contributed by atoms with Gasteiger partial charge in [-0.3, -0.25) is 4.79 Å². The molecule has 1 aromatic carbocycles. The smallest absolute Gasteiger partial charge is 0.410 e. The van der Waals surface area contributed by atoms with Gasteiger partial charge in [0.25, 0.3) is 5.56 Å².